The molecular weight excluding hydrogens is 224 g/mol. The van der Waals surface area contributed by atoms with Crippen LogP contribution in [0.2, 0.25) is 50.9 Å². The minimum absolute atomic E-state index is 0.777. The van der Waals surface area contributed by atoms with Crippen LogP contribution in [0, 0.1) is 5.41 Å². The molecule has 0 aromatic carbocycles. The first-order valence-corrected chi connectivity index (χ1v) is 14.1. The largest absolute Gasteiger partial charge is 0.0850 e. The zero-order valence-corrected chi connectivity index (χ0v) is 14.0. The summed E-state index contributed by atoms with van der Waals surface area (Å²) in [5.74, 6) is 0. The maximum Gasteiger partial charge on any atom is 0.0483 e. The lowest BCUT2D eigenvalue weighted by molar-refractivity contribution is 0.546. The van der Waals surface area contributed by atoms with E-state index >= 15 is 0 Å². The van der Waals surface area contributed by atoms with Gasteiger partial charge in [-0.25, -0.2) is 0 Å². The van der Waals surface area contributed by atoms with Crippen LogP contribution in [0.4, 0.5) is 0 Å². The summed E-state index contributed by atoms with van der Waals surface area (Å²) in [4.78, 5) is 0. The second-order valence-corrected chi connectivity index (χ2v) is 19.4. The zero-order chi connectivity index (χ0) is 12.2. The summed E-state index contributed by atoms with van der Waals surface area (Å²) >= 11 is 0. The number of hydrogen-bond donors (Lipinski definition) is 0. The first-order valence-electron chi connectivity index (χ1n) is 6.80. The van der Waals surface area contributed by atoms with Gasteiger partial charge < -0.3 is 0 Å². The van der Waals surface area contributed by atoms with E-state index in [0.717, 1.165) is 11.0 Å². The first-order chi connectivity index (χ1) is 7.12. The monoisotopic (exact) mass is 252 g/mol. The molecule has 0 amide bonds. The standard InChI is InChI=1S/C14H28Si2/c1-15(2,3)11-12-7-8-14(9-12)10-13(14)16(4,5)6/h7,13H,8-11H2,1-6H3. The fourth-order valence-corrected chi connectivity index (χ4v) is 8.46. The molecule has 2 heteroatoms. The van der Waals surface area contributed by atoms with Crippen molar-refractivity contribution < 1.29 is 0 Å². The Bertz CT molecular complexity index is 317. The third-order valence-electron chi connectivity index (χ3n) is 4.37. The SMILES string of the molecule is C[Si](C)(C)CC1=CCC2(C1)CC2[Si](C)(C)C. The molecule has 0 saturated heterocycles. The Hall–Kier alpha value is 0.174. The van der Waals surface area contributed by atoms with E-state index in [0.29, 0.717) is 0 Å². The van der Waals surface area contributed by atoms with Gasteiger partial charge in [0.15, 0.2) is 0 Å². The van der Waals surface area contributed by atoms with Crippen LogP contribution in [0.5, 0.6) is 0 Å². The van der Waals surface area contributed by atoms with Gasteiger partial charge in [0, 0.05) is 16.1 Å². The summed E-state index contributed by atoms with van der Waals surface area (Å²) in [6.07, 6.45) is 7.04. The Morgan fingerprint density at radius 2 is 1.81 bits per heavy atom. The van der Waals surface area contributed by atoms with Gasteiger partial charge >= 0.3 is 0 Å². The molecule has 0 nitrogen and oxygen atoms in total. The molecule has 2 atom stereocenters. The lowest BCUT2D eigenvalue weighted by atomic mass is 10.0. The van der Waals surface area contributed by atoms with E-state index in [1.165, 1.54) is 18.9 Å². The molecule has 2 unspecified atom stereocenters. The van der Waals surface area contributed by atoms with Crippen molar-refractivity contribution in [2.24, 2.45) is 5.41 Å². The van der Waals surface area contributed by atoms with Crippen molar-refractivity contribution in [3.05, 3.63) is 11.6 Å². The Labute approximate surface area is 104 Å². The van der Waals surface area contributed by atoms with E-state index in [1.807, 2.05) is 5.57 Å². The topological polar surface area (TPSA) is 0 Å². The molecule has 0 bridgehead atoms. The Kier molecular flexibility index (Phi) is 2.83. The summed E-state index contributed by atoms with van der Waals surface area (Å²) in [7, 11) is -1.75. The molecule has 16 heavy (non-hydrogen) atoms. The third-order valence-corrected chi connectivity index (χ3v) is 8.79. The molecule has 0 heterocycles. The van der Waals surface area contributed by atoms with Crippen molar-refractivity contribution in [1.82, 2.24) is 0 Å². The van der Waals surface area contributed by atoms with Crippen LogP contribution in [-0.2, 0) is 0 Å². The normalized spacial score (nSPS) is 34.4. The second-order valence-electron chi connectivity index (χ2n) is 8.47. The second kappa shape index (κ2) is 3.58. The number of rotatable bonds is 3. The Morgan fingerprint density at radius 3 is 2.25 bits per heavy atom. The van der Waals surface area contributed by atoms with Gasteiger partial charge in [0.25, 0.3) is 0 Å². The van der Waals surface area contributed by atoms with Gasteiger partial charge in [0.1, 0.15) is 0 Å². The van der Waals surface area contributed by atoms with E-state index in [4.69, 9.17) is 0 Å². The molecule has 1 spiro atoms. The summed E-state index contributed by atoms with van der Waals surface area (Å²) in [5.41, 5.74) is 3.72. The van der Waals surface area contributed by atoms with Crippen molar-refractivity contribution >= 4 is 16.1 Å². The highest BCUT2D eigenvalue weighted by Gasteiger charge is 2.59. The Morgan fingerprint density at radius 1 is 1.19 bits per heavy atom. The summed E-state index contributed by atoms with van der Waals surface area (Å²) < 4.78 is 0. The van der Waals surface area contributed by atoms with Crippen molar-refractivity contribution in [3.8, 4) is 0 Å². The van der Waals surface area contributed by atoms with Gasteiger partial charge in [-0.1, -0.05) is 50.9 Å². The molecule has 0 aromatic rings. The lowest BCUT2D eigenvalue weighted by Crippen LogP contribution is -2.23. The number of allylic oxidation sites excluding steroid dienone is 2. The Balaban J connectivity index is 1.94. The van der Waals surface area contributed by atoms with Crippen LogP contribution >= 0.6 is 0 Å². The van der Waals surface area contributed by atoms with Crippen molar-refractivity contribution in [1.29, 1.82) is 0 Å². The fourth-order valence-electron chi connectivity index (χ4n) is 3.75. The highest BCUT2D eigenvalue weighted by atomic mass is 28.3. The molecule has 0 aliphatic heterocycles. The average Bonchev–Trinajstić information content (AvgIpc) is 2.59. The predicted molar refractivity (Wildman–Crippen MR) is 79.6 cm³/mol. The molecule has 1 saturated carbocycles. The quantitative estimate of drug-likeness (QED) is 0.482. The molecule has 92 valence electrons. The van der Waals surface area contributed by atoms with E-state index in [9.17, 15) is 0 Å². The van der Waals surface area contributed by atoms with Crippen molar-refractivity contribution in [2.45, 2.75) is 70.1 Å². The molecule has 1 fully saturated rings. The molecule has 0 N–H and O–H groups in total. The van der Waals surface area contributed by atoms with Crippen LogP contribution in [-0.4, -0.2) is 16.1 Å². The third kappa shape index (κ3) is 2.53. The highest BCUT2D eigenvalue weighted by Crippen LogP contribution is 2.70. The van der Waals surface area contributed by atoms with E-state index in [-0.39, 0.29) is 0 Å². The number of hydrogen-bond acceptors (Lipinski definition) is 0. The first kappa shape index (κ1) is 12.6. The molecule has 0 radical (unpaired) electrons. The predicted octanol–water partition coefficient (Wildman–Crippen LogP) is 5.14. The summed E-state index contributed by atoms with van der Waals surface area (Å²) in [6.45, 7) is 15.2. The highest BCUT2D eigenvalue weighted by molar-refractivity contribution is 6.78. The molecule has 2 rings (SSSR count). The zero-order valence-electron chi connectivity index (χ0n) is 12.0. The van der Waals surface area contributed by atoms with E-state index in [2.05, 4.69) is 45.4 Å². The van der Waals surface area contributed by atoms with Crippen LogP contribution < -0.4 is 0 Å². The van der Waals surface area contributed by atoms with E-state index < -0.39 is 16.1 Å². The van der Waals surface area contributed by atoms with Crippen LogP contribution in [0.3, 0.4) is 0 Å². The van der Waals surface area contributed by atoms with Gasteiger partial charge in [-0.2, -0.15) is 0 Å². The van der Waals surface area contributed by atoms with Gasteiger partial charge in [0.05, 0.1) is 0 Å². The van der Waals surface area contributed by atoms with Gasteiger partial charge in [-0.05, 0) is 36.3 Å². The van der Waals surface area contributed by atoms with E-state index in [1.54, 1.807) is 6.42 Å². The maximum atomic E-state index is 2.61. The minimum atomic E-state index is -0.882. The van der Waals surface area contributed by atoms with Crippen LogP contribution in [0.15, 0.2) is 11.6 Å². The molecule has 2 aliphatic rings. The van der Waals surface area contributed by atoms with Gasteiger partial charge in [-0.15, -0.1) is 0 Å². The maximum absolute atomic E-state index is 2.61. The van der Waals surface area contributed by atoms with Crippen molar-refractivity contribution in [3.63, 3.8) is 0 Å². The molecule has 2 aliphatic carbocycles. The van der Waals surface area contributed by atoms with Gasteiger partial charge in [0.2, 0.25) is 0 Å². The summed E-state index contributed by atoms with van der Waals surface area (Å²) in [5, 5.41) is 0. The van der Waals surface area contributed by atoms with Gasteiger partial charge in [-0.3, -0.25) is 0 Å². The lowest BCUT2D eigenvalue weighted by Gasteiger charge is -2.21. The molecule has 0 aromatic heterocycles. The van der Waals surface area contributed by atoms with Crippen LogP contribution in [0.25, 0.3) is 0 Å². The average molecular weight is 253 g/mol. The molecular formula is C14H28Si2. The minimum Gasteiger partial charge on any atom is -0.0850 e. The smallest absolute Gasteiger partial charge is 0.0483 e. The fraction of sp³-hybridized carbons (Fsp3) is 0.857. The summed E-state index contributed by atoms with van der Waals surface area (Å²) in [6, 6.07) is 1.45. The van der Waals surface area contributed by atoms with Crippen molar-refractivity contribution in [2.75, 3.05) is 0 Å². The van der Waals surface area contributed by atoms with Crippen LogP contribution in [0.1, 0.15) is 19.3 Å².